The van der Waals surface area contributed by atoms with E-state index in [4.69, 9.17) is 23.7 Å². The second kappa shape index (κ2) is 16.4. The molecule has 0 aliphatic heterocycles. The van der Waals surface area contributed by atoms with Crippen molar-refractivity contribution in [3.63, 3.8) is 0 Å². The van der Waals surface area contributed by atoms with Crippen LogP contribution in [0.4, 0.5) is 0 Å². The zero-order chi connectivity index (χ0) is 18.0. The fraction of sp³-hybridized carbons (Fsp3) is 0.750. The Hall–Kier alpha value is -1.48. The van der Waals surface area contributed by atoms with E-state index in [1.807, 2.05) is 0 Å². The van der Waals surface area contributed by atoms with Crippen molar-refractivity contribution in [3.05, 3.63) is 12.2 Å². The zero-order valence-electron chi connectivity index (χ0n) is 14.5. The normalized spacial score (nSPS) is 10.4. The van der Waals surface area contributed by atoms with Crippen molar-refractivity contribution < 1.29 is 38.0 Å². The number of methoxy groups -OCH3 is 1. The van der Waals surface area contributed by atoms with Gasteiger partial charge in [0.05, 0.1) is 66.4 Å². The summed E-state index contributed by atoms with van der Waals surface area (Å²) in [6.07, 6.45) is 0.242. The summed E-state index contributed by atoms with van der Waals surface area (Å²) in [7, 11) is 1.34. The molecule has 24 heavy (non-hydrogen) atoms. The van der Waals surface area contributed by atoms with Crippen LogP contribution in [0, 0.1) is 0 Å². The Bertz CT molecular complexity index is 356. The molecule has 0 aromatic heterocycles. The van der Waals surface area contributed by atoms with Crippen LogP contribution in [0.3, 0.4) is 0 Å². The van der Waals surface area contributed by atoms with Crippen molar-refractivity contribution in [2.75, 3.05) is 66.6 Å². The third kappa shape index (κ3) is 15.4. The Balaban J connectivity index is 3.11. The molecular weight excluding hydrogens is 320 g/mol. The molecule has 8 heteroatoms. The van der Waals surface area contributed by atoms with Gasteiger partial charge in [-0.3, -0.25) is 4.79 Å². The molecule has 0 radical (unpaired) electrons. The average molecular weight is 348 g/mol. The number of ether oxygens (including phenoxy) is 6. The minimum atomic E-state index is -0.415. The Morgan fingerprint density at radius 2 is 1.17 bits per heavy atom. The Kier molecular flexibility index (Phi) is 15.4. The minimum absolute atomic E-state index is 0.199. The van der Waals surface area contributed by atoms with Gasteiger partial charge in [0.25, 0.3) is 0 Å². The summed E-state index contributed by atoms with van der Waals surface area (Å²) in [4.78, 5) is 21.9. The lowest BCUT2D eigenvalue weighted by atomic mass is 10.4. The molecule has 0 fully saturated rings. The standard InChI is InChI=1S/C16H28O8/c1-14(2)16(18)24-13-12-23-11-10-22-9-8-21-7-6-20-5-4-15(17)19-3/h1,4-13H2,2-3H3. The number of rotatable bonds is 16. The van der Waals surface area contributed by atoms with Crippen LogP contribution in [0.1, 0.15) is 13.3 Å². The highest BCUT2D eigenvalue weighted by atomic mass is 16.6. The van der Waals surface area contributed by atoms with Crippen molar-refractivity contribution in [2.45, 2.75) is 13.3 Å². The number of hydrogen-bond acceptors (Lipinski definition) is 8. The van der Waals surface area contributed by atoms with E-state index in [0.29, 0.717) is 58.4 Å². The van der Waals surface area contributed by atoms with Gasteiger partial charge < -0.3 is 28.4 Å². The van der Waals surface area contributed by atoms with E-state index in [9.17, 15) is 9.59 Å². The largest absolute Gasteiger partial charge is 0.469 e. The van der Waals surface area contributed by atoms with Gasteiger partial charge in [-0.25, -0.2) is 4.79 Å². The number of carbonyl (C=O) groups excluding carboxylic acids is 2. The van der Waals surface area contributed by atoms with Crippen LogP contribution in [-0.2, 0) is 38.0 Å². The van der Waals surface area contributed by atoms with E-state index < -0.39 is 5.97 Å². The van der Waals surface area contributed by atoms with Gasteiger partial charge in [0, 0.05) is 5.57 Å². The molecule has 0 unspecified atom stereocenters. The summed E-state index contributed by atoms with van der Waals surface area (Å²) in [5.41, 5.74) is 0.368. The van der Waals surface area contributed by atoms with E-state index in [0.717, 1.165) is 0 Å². The van der Waals surface area contributed by atoms with Crippen LogP contribution in [0.25, 0.3) is 0 Å². The molecule has 0 aliphatic carbocycles. The molecule has 0 aromatic carbocycles. The third-order valence-electron chi connectivity index (χ3n) is 2.60. The quantitative estimate of drug-likeness (QED) is 0.229. The first-order valence-electron chi connectivity index (χ1n) is 7.78. The van der Waals surface area contributed by atoms with E-state index >= 15 is 0 Å². The van der Waals surface area contributed by atoms with Gasteiger partial charge in [-0.05, 0) is 6.92 Å². The van der Waals surface area contributed by atoms with E-state index in [-0.39, 0.29) is 19.0 Å². The summed E-state index contributed by atoms with van der Waals surface area (Å²) >= 11 is 0. The minimum Gasteiger partial charge on any atom is -0.469 e. The van der Waals surface area contributed by atoms with E-state index in [2.05, 4.69) is 11.3 Å². The number of hydrogen-bond donors (Lipinski definition) is 0. The predicted molar refractivity (Wildman–Crippen MR) is 85.7 cm³/mol. The Labute approximate surface area is 143 Å². The molecule has 0 saturated carbocycles. The maximum atomic E-state index is 11.1. The molecule has 0 atom stereocenters. The van der Waals surface area contributed by atoms with Gasteiger partial charge in [-0.2, -0.15) is 0 Å². The molecule has 0 bridgehead atoms. The van der Waals surface area contributed by atoms with Crippen LogP contribution in [0.15, 0.2) is 12.2 Å². The van der Waals surface area contributed by atoms with Gasteiger partial charge in [0.15, 0.2) is 0 Å². The summed E-state index contributed by atoms with van der Waals surface area (Å²) in [5.74, 6) is -0.707. The molecule has 0 rings (SSSR count). The van der Waals surface area contributed by atoms with Crippen LogP contribution < -0.4 is 0 Å². The Morgan fingerprint density at radius 1 is 0.750 bits per heavy atom. The Morgan fingerprint density at radius 3 is 1.58 bits per heavy atom. The molecule has 0 N–H and O–H groups in total. The molecular formula is C16H28O8. The summed E-state index contributed by atoms with van der Waals surface area (Å²) in [6.45, 7) is 8.54. The topological polar surface area (TPSA) is 89.5 Å². The highest BCUT2D eigenvalue weighted by molar-refractivity contribution is 5.86. The maximum Gasteiger partial charge on any atom is 0.333 e. The molecule has 0 amide bonds. The maximum absolute atomic E-state index is 11.1. The lowest BCUT2D eigenvalue weighted by Crippen LogP contribution is -2.15. The average Bonchev–Trinajstić information content (AvgIpc) is 2.57. The second-order valence-corrected chi connectivity index (χ2v) is 4.69. The van der Waals surface area contributed by atoms with Crippen molar-refractivity contribution in [3.8, 4) is 0 Å². The summed E-state index contributed by atoms with van der Waals surface area (Å²) < 4.78 is 30.4. The van der Waals surface area contributed by atoms with Crippen LogP contribution >= 0.6 is 0 Å². The smallest absolute Gasteiger partial charge is 0.333 e. The van der Waals surface area contributed by atoms with E-state index in [1.54, 1.807) is 6.92 Å². The van der Waals surface area contributed by atoms with Crippen molar-refractivity contribution in [2.24, 2.45) is 0 Å². The second-order valence-electron chi connectivity index (χ2n) is 4.69. The first-order valence-corrected chi connectivity index (χ1v) is 7.78. The predicted octanol–water partition coefficient (Wildman–Crippen LogP) is 0.735. The molecule has 8 nitrogen and oxygen atoms in total. The summed E-state index contributed by atoms with van der Waals surface area (Å²) in [5, 5.41) is 0. The van der Waals surface area contributed by atoms with Gasteiger partial charge in [-0.1, -0.05) is 6.58 Å². The lowest BCUT2D eigenvalue weighted by Gasteiger charge is -2.08. The third-order valence-corrected chi connectivity index (χ3v) is 2.60. The fourth-order valence-electron chi connectivity index (χ4n) is 1.34. The SMILES string of the molecule is C=C(C)C(=O)OCCOCCOCCOCCOCCC(=O)OC. The zero-order valence-corrected chi connectivity index (χ0v) is 14.5. The number of esters is 2. The monoisotopic (exact) mass is 348 g/mol. The molecule has 0 aromatic rings. The van der Waals surface area contributed by atoms with Gasteiger partial charge in [0.2, 0.25) is 0 Å². The van der Waals surface area contributed by atoms with E-state index in [1.165, 1.54) is 7.11 Å². The van der Waals surface area contributed by atoms with Crippen molar-refractivity contribution in [1.82, 2.24) is 0 Å². The lowest BCUT2D eigenvalue weighted by molar-refractivity contribution is -0.142. The van der Waals surface area contributed by atoms with Crippen LogP contribution in [0.5, 0.6) is 0 Å². The van der Waals surface area contributed by atoms with Crippen LogP contribution in [0.2, 0.25) is 0 Å². The molecule has 0 aliphatic rings. The first kappa shape index (κ1) is 22.5. The molecule has 0 saturated heterocycles. The van der Waals surface area contributed by atoms with Crippen LogP contribution in [-0.4, -0.2) is 78.5 Å². The summed E-state index contributed by atoms with van der Waals surface area (Å²) in [6, 6.07) is 0. The van der Waals surface area contributed by atoms with Crippen molar-refractivity contribution >= 4 is 11.9 Å². The number of carbonyl (C=O) groups is 2. The molecule has 0 spiro atoms. The molecule has 140 valence electrons. The van der Waals surface area contributed by atoms with Gasteiger partial charge >= 0.3 is 11.9 Å². The highest BCUT2D eigenvalue weighted by Crippen LogP contribution is 1.91. The van der Waals surface area contributed by atoms with Gasteiger partial charge in [-0.15, -0.1) is 0 Å². The fourth-order valence-corrected chi connectivity index (χ4v) is 1.34. The van der Waals surface area contributed by atoms with Crippen molar-refractivity contribution in [1.29, 1.82) is 0 Å². The molecule has 0 heterocycles. The van der Waals surface area contributed by atoms with Gasteiger partial charge in [0.1, 0.15) is 6.61 Å². The first-order chi connectivity index (χ1) is 11.6. The highest BCUT2D eigenvalue weighted by Gasteiger charge is 2.02.